The summed E-state index contributed by atoms with van der Waals surface area (Å²) in [6.07, 6.45) is 2.39. The topological polar surface area (TPSA) is 121 Å². The van der Waals surface area contributed by atoms with Crippen LogP contribution in [0.2, 0.25) is 0 Å². The number of anilines is 1. The van der Waals surface area contributed by atoms with Gasteiger partial charge in [-0.05, 0) is 54.1 Å². The third-order valence-electron chi connectivity index (χ3n) is 3.96. The van der Waals surface area contributed by atoms with Crippen molar-refractivity contribution in [3.05, 3.63) is 59.1 Å². The molecule has 2 aromatic carbocycles. The van der Waals surface area contributed by atoms with Crippen LogP contribution in [0.1, 0.15) is 17.0 Å². The van der Waals surface area contributed by atoms with Gasteiger partial charge in [-0.1, -0.05) is 11.3 Å². The lowest BCUT2D eigenvalue weighted by molar-refractivity contribution is -0.120. The highest BCUT2D eigenvalue weighted by molar-refractivity contribution is 7.15. The minimum absolute atomic E-state index is 0.0845. The van der Waals surface area contributed by atoms with Crippen LogP contribution in [0.4, 0.5) is 5.13 Å². The number of carbonyl (C=O) groups is 1. The van der Waals surface area contributed by atoms with Gasteiger partial charge in [-0.25, -0.2) is 5.43 Å². The number of nitrogens with zero attached hydrogens (tertiary/aromatic N) is 3. The van der Waals surface area contributed by atoms with E-state index >= 15 is 0 Å². The third kappa shape index (κ3) is 7.59. The highest BCUT2D eigenvalue weighted by Crippen LogP contribution is 2.17. The van der Waals surface area contributed by atoms with Gasteiger partial charge < -0.3 is 19.9 Å². The molecule has 1 heterocycles. The van der Waals surface area contributed by atoms with E-state index in [1.807, 2.05) is 48.5 Å². The summed E-state index contributed by atoms with van der Waals surface area (Å²) in [5.41, 5.74) is 8.76. The molecule has 0 radical (unpaired) electrons. The number of rotatable bonds is 11. The molecule has 0 bridgehead atoms. The molecule has 0 aliphatic carbocycles. The predicted octanol–water partition coefficient (Wildman–Crippen LogP) is 2.67. The summed E-state index contributed by atoms with van der Waals surface area (Å²) in [7, 11) is 1.63. The van der Waals surface area contributed by atoms with Gasteiger partial charge in [0.05, 0.1) is 33.0 Å². The molecule has 0 aliphatic rings. The first-order chi connectivity index (χ1) is 15.1. The van der Waals surface area contributed by atoms with Crippen molar-refractivity contribution in [2.24, 2.45) is 5.10 Å². The largest absolute Gasteiger partial charge is 0.497 e. The van der Waals surface area contributed by atoms with Crippen LogP contribution in [0.25, 0.3) is 0 Å². The van der Waals surface area contributed by atoms with Gasteiger partial charge in [0.15, 0.2) is 0 Å². The number of nitrogens with two attached hydrogens (primary N) is 1. The molecule has 162 valence electrons. The smallest absolute Gasteiger partial charge is 0.247 e. The Morgan fingerprint density at radius 2 is 1.65 bits per heavy atom. The van der Waals surface area contributed by atoms with Gasteiger partial charge in [0.25, 0.3) is 0 Å². The molecule has 31 heavy (non-hydrogen) atoms. The second-order valence-corrected chi connectivity index (χ2v) is 7.39. The molecule has 0 aliphatic heterocycles. The van der Waals surface area contributed by atoms with Crippen molar-refractivity contribution in [2.75, 3.05) is 26.1 Å². The Balaban J connectivity index is 1.32. The summed E-state index contributed by atoms with van der Waals surface area (Å²) in [6, 6.07) is 14.8. The van der Waals surface area contributed by atoms with Gasteiger partial charge in [0.1, 0.15) is 22.3 Å². The number of aromatic nitrogens is 2. The summed E-state index contributed by atoms with van der Waals surface area (Å²) < 4.78 is 16.5. The van der Waals surface area contributed by atoms with E-state index in [2.05, 4.69) is 20.7 Å². The van der Waals surface area contributed by atoms with Crippen molar-refractivity contribution in [3.63, 3.8) is 0 Å². The zero-order valence-corrected chi connectivity index (χ0v) is 17.8. The van der Waals surface area contributed by atoms with E-state index in [-0.39, 0.29) is 12.3 Å². The van der Waals surface area contributed by atoms with Crippen LogP contribution >= 0.6 is 11.3 Å². The van der Waals surface area contributed by atoms with Crippen molar-refractivity contribution >= 4 is 28.6 Å². The maximum atomic E-state index is 11.8. The minimum atomic E-state index is -0.288. The molecule has 0 saturated carbocycles. The quantitative estimate of drug-likeness (QED) is 0.267. The number of nitrogen functional groups attached to an aromatic ring is 1. The first-order valence-corrected chi connectivity index (χ1v) is 10.3. The summed E-state index contributed by atoms with van der Waals surface area (Å²) in [4.78, 5) is 11.8. The minimum Gasteiger partial charge on any atom is -0.497 e. The fourth-order valence-corrected chi connectivity index (χ4v) is 3.06. The highest BCUT2D eigenvalue weighted by atomic mass is 32.1. The van der Waals surface area contributed by atoms with Gasteiger partial charge >= 0.3 is 0 Å². The monoisotopic (exact) mass is 441 g/mol. The molecule has 0 fully saturated rings. The number of benzene rings is 2. The van der Waals surface area contributed by atoms with E-state index < -0.39 is 0 Å². The molecule has 1 aromatic heterocycles. The van der Waals surface area contributed by atoms with Crippen LogP contribution in [0, 0.1) is 0 Å². The van der Waals surface area contributed by atoms with Crippen LogP contribution in [0.15, 0.2) is 53.6 Å². The second-order valence-electron chi connectivity index (χ2n) is 6.30. The lowest BCUT2D eigenvalue weighted by Gasteiger charge is -2.08. The number of hydrogen-bond donors (Lipinski definition) is 2. The maximum Gasteiger partial charge on any atom is 0.247 e. The van der Waals surface area contributed by atoms with Crippen molar-refractivity contribution in [1.82, 2.24) is 15.6 Å². The summed E-state index contributed by atoms with van der Waals surface area (Å²) in [6.45, 7) is 1.09. The number of ether oxygens (including phenoxy) is 3. The van der Waals surface area contributed by atoms with Crippen molar-refractivity contribution in [1.29, 1.82) is 0 Å². The molecule has 0 saturated heterocycles. The van der Waals surface area contributed by atoms with Gasteiger partial charge in [-0.15, -0.1) is 10.2 Å². The molecule has 0 unspecified atom stereocenters. The Kier molecular flexibility index (Phi) is 8.18. The molecular weight excluding hydrogens is 418 g/mol. The molecule has 9 nitrogen and oxygen atoms in total. The van der Waals surface area contributed by atoms with E-state index in [0.717, 1.165) is 29.2 Å². The Morgan fingerprint density at radius 1 is 1.03 bits per heavy atom. The standard InChI is InChI=1S/C21H23N5O4S/c1-28-16-7-9-18(10-8-16)30-12-2-11-29-17-5-3-15(4-6-17)14-23-24-19(27)13-20-25-26-21(22)31-20/h3-10,14H,2,11-13H2,1H3,(H2,22,26)(H,24,27)/b23-14-. The van der Waals surface area contributed by atoms with E-state index in [0.29, 0.717) is 23.4 Å². The molecule has 10 heteroatoms. The summed E-state index contributed by atoms with van der Waals surface area (Å²) >= 11 is 1.17. The normalized spacial score (nSPS) is 10.7. The zero-order valence-electron chi connectivity index (χ0n) is 17.0. The van der Waals surface area contributed by atoms with Crippen molar-refractivity contribution < 1.29 is 19.0 Å². The van der Waals surface area contributed by atoms with Crippen molar-refractivity contribution in [3.8, 4) is 17.2 Å². The van der Waals surface area contributed by atoms with E-state index in [1.165, 1.54) is 11.3 Å². The number of nitrogens with one attached hydrogen (secondary N) is 1. The Bertz CT molecular complexity index is 990. The summed E-state index contributed by atoms with van der Waals surface area (Å²) in [5, 5.41) is 12.3. The number of carbonyl (C=O) groups excluding carboxylic acids is 1. The Hall–Kier alpha value is -3.66. The van der Waals surface area contributed by atoms with E-state index in [4.69, 9.17) is 19.9 Å². The van der Waals surface area contributed by atoms with Crippen LogP contribution in [-0.2, 0) is 11.2 Å². The second kappa shape index (κ2) is 11.5. The average Bonchev–Trinajstić information content (AvgIpc) is 3.19. The number of hydrogen-bond acceptors (Lipinski definition) is 9. The van der Waals surface area contributed by atoms with Crippen LogP contribution in [0.3, 0.4) is 0 Å². The zero-order chi connectivity index (χ0) is 21.9. The molecular formula is C21H23N5O4S. The van der Waals surface area contributed by atoms with E-state index in [1.54, 1.807) is 13.3 Å². The van der Waals surface area contributed by atoms with Gasteiger partial charge in [0.2, 0.25) is 11.0 Å². The number of amides is 1. The molecule has 0 atom stereocenters. The molecule has 0 spiro atoms. The molecule has 3 aromatic rings. The van der Waals surface area contributed by atoms with E-state index in [9.17, 15) is 4.79 Å². The van der Waals surface area contributed by atoms with Gasteiger partial charge in [-0.2, -0.15) is 5.10 Å². The highest BCUT2D eigenvalue weighted by Gasteiger charge is 2.07. The van der Waals surface area contributed by atoms with Crippen LogP contribution in [-0.4, -0.2) is 42.6 Å². The molecule has 3 N–H and O–H groups in total. The molecule has 3 rings (SSSR count). The maximum absolute atomic E-state index is 11.8. The fourth-order valence-electron chi connectivity index (χ4n) is 2.45. The SMILES string of the molecule is COc1ccc(OCCCOc2ccc(/C=N\NC(=O)Cc3nnc(N)s3)cc2)cc1. The third-order valence-corrected chi connectivity index (χ3v) is 4.72. The number of hydrazone groups is 1. The lowest BCUT2D eigenvalue weighted by atomic mass is 10.2. The fraction of sp³-hybridized carbons (Fsp3) is 0.238. The first kappa shape index (κ1) is 22.0. The van der Waals surface area contributed by atoms with Crippen LogP contribution in [0.5, 0.6) is 17.2 Å². The van der Waals surface area contributed by atoms with Crippen molar-refractivity contribution in [2.45, 2.75) is 12.8 Å². The number of methoxy groups -OCH3 is 1. The lowest BCUT2D eigenvalue weighted by Crippen LogP contribution is -2.19. The Morgan fingerprint density at radius 3 is 2.23 bits per heavy atom. The van der Waals surface area contributed by atoms with Gasteiger partial charge in [0, 0.05) is 6.42 Å². The van der Waals surface area contributed by atoms with Crippen LogP contribution < -0.4 is 25.4 Å². The van der Waals surface area contributed by atoms with Gasteiger partial charge in [-0.3, -0.25) is 4.79 Å². The first-order valence-electron chi connectivity index (χ1n) is 9.52. The summed E-state index contributed by atoms with van der Waals surface area (Å²) in [5.74, 6) is 2.05. The average molecular weight is 442 g/mol. The Labute approximate surface area is 183 Å². The predicted molar refractivity (Wildman–Crippen MR) is 119 cm³/mol. The molecule has 1 amide bonds.